The van der Waals surface area contributed by atoms with Gasteiger partial charge in [0.05, 0.1) is 6.04 Å². The first-order chi connectivity index (χ1) is 15.5. The number of nitrogens with zero attached hydrogens (tertiary/aromatic N) is 1. The van der Waals surface area contributed by atoms with Gasteiger partial charge in [0, 0.05) is 10.6 Å². The molecule has 0 saturated carbocycles. The molecule has 4 aromatic carbocycles. The lowest BCUT2D eigenvalue weighted by Gasteiger charge is -2.21. The summed E-state index contributed by atoms with van der Waals surface area (Å²) in [5.41, 5.74) is 3.83. The number of halogens is 1. The second kappa shape index (κ2) is 9.99. The Hall–Kier alpha value is -3.14. The molecule has 0 aliphatic carbocycles. The van der Waals surface area contributed by atoms with Crippen LogP contribution in [0.4, 0.5) is 0 Å². The van der Waals surface area contributed by atoms with E-state index in [1.54, 1.807) is 0 Å². The summed E-state index contributed by atoms with van der Waals surface area (Å²) in [4.78, 5) is 15.3. The fourth-order valence-electron chi connectivity index (χ4n) is 3.86. The van der Waals surface area contributed by atoms with Gasteiger partial charge in [0.25, 0.3) is 5.91 Å². The number of fused-ring (bicyclic) bond motifs is 1. The quantitative estimate of drug-likeness (QED) is 0.350. The van der Waals surface area contributed by atoms with Crippen molar-refractivity contribution < 1.29 is 4.79 Å². The molecule has 0 heterocycles. The van der Waals surface area contributed by atoms with Crippen LogP contribution in [0.2, 0.25) is 5.02 Å². The number of carbonyl (C=O) groups is 1. The second-order valence-electron chi connectivity index (χ2n) is 8.31. The third-order valence-corrected chi connectivity index (χ3v) is 5.90. The topological polar surface area (TPSA) is 32.3 Å². The maximum Gasteiger partial charge on any atom is 0.251 e. The van der Waals surface area contributed by atoms with E-state index in [9.17, 15) is 4.79 Å². The Morgan fingerprint density at radius 3 is 2.31 bits per heavy atom. The van der Waals surface area contributed by atoms with Gasteiger partial charge in [-0.3, -0.25) is 4.79 Å². The monoisotopic (exact) mass is 442 g/mol. The lowest BCUT2D eigenvalue weighted by Crippen LogP contribution is -2.31. The zero-order chi connectivity index (χ0) is 22.5. The van der Waals surface area contributed by atoms with Crippen molar-refractivity contribution in [2.24, 2.45) is 0 Å². The van der Waals surface area contributed by atoms with Crippen LogP contribution in [0, 0.1) is 0 Å². The molecular formula is C28H27ClN2O. The van der Waals surface area contributed by atoms with Crippen molar-refractivity contribution in [2.45, 2.75) is 12.5 Å². The number of hydrogen-bond acceptors (Lipinski definition) is 2. The Morgan fingerprint density at radius 1 is 0.844 bits per heavy atom. The number of rotatable bonds is 7. The van der Waals surface area contributed by atoms with E-state index in [1.807, 2.05) is 74.8 Å². The van der Waals surface area contributed by atoms with Crippen LogP contribution < -0.4 is 5.32 Å². The average Bonchev–Trinajstić information content (AvgIpc) is 2.82. The highest BCUT2D eigenvalue weighted by Gasteiger charge is 2.17. The predicted octanol–water partition coefficient (Wildman–Crippen LogP) is 6.58. The predicted molar refractivity (Wildman–Crippen MR) is 134 cm³/mol. The molecule has 3 nitrogen and oxygen atoms in total. The Kier molecular flexibility index (Phi) is 6.89. The molecular weight excluding hydrogens is 416 g/mol. The molecule has 0 unspecified atom stereocenters. The van der Waals surface area contributed by atoms with E-state index in [-0.39, 0.29) is 11.9 Å². The second-order valence-corrected chi connectivity index (χ2v) is 8.75. The normalized spacial score (nSPS) is 12.1. The smallest absolute Gasteiger partial charge is 0.251 e. The van der Waals surface area contributed by atoms with E-state index in [2.05, 4.69) is 40.5 Å². The summed E-state index contributed by atoms with van der Waals surface area (Å²) < 4.78 is 0. The van der Waals surface area contributed by atoms with Gasteiger partial charge in [-0.25, -0.2) is 0 Å². The van der Waals surface area contributed by atoms with E-state index in [0.717, 1.165) is 29.7 Å². The maximum absolute atomic E-state index is 13.2. The Morgan fingerprint density at radius 2 is 1.56 bits per heavy atom. The molecule has 0 fully saturated rings. The first kappa shape index (κ1) is 22.1. The summed E-state index contributed by atoms with van der Waals surface area (Å²) in [6, 6.07) is 30.1. The minimum absolute atomic E-state index is 0.0775. The first-order valence-corrected chi connectivity index (χ1v) is 11.2. The van der Waals surface area contributed by atoms with Gasteiger partial charge in [-0.2, -0.15) is 0 Å². The van der Waals surface area contributed by atoms with Gasteiger partial charge in [-0.15, -0.1) is 0 Å². The van der Waals surface area contributed by atoms with E-state index in [0.29, 0.717) is 10.6 Å². The van der Waals surface area contributed by atoms with Crippen molar-refractivity contribution in [1.82, 2.24) is 10.2 Å². The lowest BCUT2D eigenvalue weighted by atomic mass is 9.99. The van der Waals surface area contributed by atoms with Crippen LogP contribution in [0.5, 0.6) is 0 Å². The number of amides is 1. The SMILES string of the molecule is CN(C)CC[C@H](NC(=O)c1cccc(-c2ccc3ccccc3c2)c1)c1ccc(Cl)cc1. The summed E-state index contributed by atoms with van der Waals surface area (Å²) >= 11 is 6.06. The maximum atomic E-state index is 13.2. The van der Waals surface area contributed by atoms with Gasteiger partial charge in [0.15, 0.2) is 0 Å². The van der Waals surface area contributed by atoms with Gasteiger partial charge in [0.1, 0.15) is 0 Å². The van der Waals surface area contributed by atoms with Crippen LogP contribution in [0.1, 0.15) is 28.4 Å². The molecule has 4 heteroatoms. The molecule has 0 saturated heterocycles. The molecule has 0 bridgehead atoms. The van der Waals surface area contributed by atoms with E-state index < -0.39 is 0 Å². The van der Waals surface area contributed by atoms with E-state index in [4.69, 9.17) is 11.6 Å². The Labute approximate surface area is 194 Å². The standard InChI is InChI=1S/C28H27ClN2O/c1-31(2)17-16-27(21-12-14-26(29)15-13-21)30-28(32)25-9-5-8-23(19-25)24-11-10-20-6-3-4-7-22(20)18-24/h3-15,18-19,27H,16-17H2,1-2H3,(H,30,32)/t27-/m0/s1. The van der Waals surface area contributed by atoms with Gasteiger partial charge >= 0.3 is 0 Å². The molecule has 4 aromatic rings. The molecule has 0 aliphatic heterocycles. The fourth-order valence-corrected chi connectivity index (χ4v) is 3.98. The summed E-state index contributed by atoms with van der Waals surface area (Å²) in [6.45, 7) is 0.866. The summed E-state index contributed by atoms with van der Waals surface area (Å²) in [5.74, 6) is -0.0775. The zero-order valence-corrected chi connectivity index (χ0v) is 19.1. The van der Waals surface area contributed by atoms with Crippen molar-refractivity contribution in [3.8, 4) is 11.1 Å². The molecule has 0 aromatic heterocycles. The molecule has 0 aliphatic rings. The molecule has 0 radical (unpaired) electrons. The summed E-state index contributed by atoms with van der Waals surface area (Å²) in [6.07, 6.45) is 0.810. The first-order valence-electron chi connectivity index (χ1n) is 10.8. The zero-order valence-electron chi connectivity index (χ0n) is 18.4. The van der Waals surface area contributed by atoms with Crippen molar-refractivity contribution in [2.75, 3.05) is 20.6 Å². The molecule has 1 N–H and O–H groups in total. The van der Waals surface area contributed by atoms with Crippen LogP contribution in [0.3, 0.4) is 0 Å². The van der Waals surface area contributed by atoms with Crippen molar-refractivity contribution >= 4 is 28.3 Å². The number of hydrogen-bond donors (Lipinski definition) is 1. The molecule has 1 amide bonds. The molecule has 162 valence electrons. The minimum atomic E-state index is -0.0912. The summed E-state index contributed by atoms with van der Waals surface area (Å²) in [5, 5.41) is 6.31. The Bertz CT molecular complexity index is 1220. The van der Waals surface area contributed by atoms with E-state index >= 15 is 0 Å². The number of benzene rings is 4. The number of nitrogens with one attached hydrogen (secondary N) is 1. The van der Waals surface area contributed by atoms with Gasteiger partial charge in [-0.05, 0) is 84.9 Å². The van der Waals surface area contributed by atoms with Gasteiger partial charge < -0.3 is 10.2 Å². The van der Waals surface area contributed by atoms with Crippen LogP contribution in [0.25, 0.3) is 21.9 Å². The van der Waals surface area contributed by atoms with Crippen molar-refractivity contribution in [3.63, 3.8) is 0 Å². The third kappa shape index (κ3) is 5.37. The molecule has 4 rings (SSSR count). The molecule has 1 atom stereocenters. The van der Waals surface area contributed by atoms with Crippen LogP contribution in [-0.4, -0.2) is 31.4 Å². The largest absolute Gasteiger partial charge is 0.345 e. The summed E-state index contributed by atoms with van der Waals surface area (Å²) in [7, 11) is 4.07. The highest BCUT2D eigenvalue weighted by molar-refractivity contribution is 6.30. The molecule has 32 heavy (non-hydrogen) atoms. The van der Waals surface area contributed by atoms with Crippen LogP contribution in [0.15, 0.2) is 91.0 Å². The van der Waals surface area contributed by atoms with Crippen molar-refractivity contribution in [3.05, 3.63) is 107 Å². The third-order valence-electron chi connectivity index (χ3n) is 5.65. The van der Waals surface area contributed by atoms with Gasteiger partial charge in [-0.1, -0.05) is 72.3 Å². The fraction of sp³-hybridized carbons (Fsp3) is 0.179. The van der Waals surface area contributed by atoms with Crippen LogP contribution in [-0.2, 0) is 0 Å². The highest BCUT2D eigenvalue weighted by atomic mass is 35.5. The average molecular weight is 443 g/mol. The van der Waals surface area contributed by atoms with Crippen molar-refractivity contribution in [1.29, 1.82) is 0 Å². The number of carbonyl (C=O) groups excluding carboxylic acids is 1. The van der Waals surface area contributed by atoms with Gasteiger partial charge in [0.2, 0.25) is 0 Å². The highest BCUT2D eigenvalue weighted by Crippen LogP contribution is 2.26. The minimum Gasteiger partial charge on any atom is -0.345 e. The van der Waals surface area contributed by atoms with E-state index in [1.165, 1.54) is 10.8 Å². The molecule has 0 spiro atoms. The lowest BCUT2D eigenvalue weighted by molar-refractivity contribution is 0.0932. The van der Waals surface area contributed by atoms with Crippen LogP contribution >= 0.6 is 11.6 Å². The Balaban J connectivity index is 1.57.